The average molecular weight is 279 g/mol. The second-order valence-corrected chi connectivity index (χ2v) is 4.52. The standard InChI is InChI=1S/C15H12ClFO2/c1-2-11-12(9-3-5-10(17)6-4-9)7-8-13(16)14(11)15(18)19/h3-8H,2H2,1H3,(H,18,19). The van der Waals surface area contributed by atoms with E-state index in [0.717, 1.165) is 11.1 Å². The van der Waals surface area contributed by atoms with Gasteiger partial charge in [0.2, 0.25) is 0 Å². The summed E-state index contributed by atoms with van der Waals surface area (Å²) in [5.41, 5.74) is 2.32. The molecule has 0 aliphatic carbocycles. The predicted octanol–water partition coefficient (Wildman–Crippen LogP) is 4.41. The summed E-state index contributed by atoms with van der Waals surface area (Å²) in [6, 6.07) is 9.28. The van der Waals surface area contributed by atoms with Gasteiger partial charge in [0, 0.05) is 0 Å². The van der Waals surface area contributed by atoms with Crippen molar-refractivity contribution in [3.8, 4) is 11.1 Å². The quantitative estimate of drug-likeness (QED) is 0.903. The highest BCUT2D eigenvalue weighted by atomic mass is 35.5. The van der Waals surface area contributed by atoms with E-state index in [9.17, 15) is 14.3 Å². The monoisotopic (exact) mass is 278 g/mol. The van der Waals surface area contributed by atoms with Crippen molar-refractivity contribution < 1.29 is 14.3 Å². The van der Waals surface area contributed by atoms with Gasteiger partial charge in [-0.3, -0.25) is 0 Å². The fourth-order valence-electron chi connectivity index (χ4n) is 2.12. The van der Waals surface area contributed by atoms with Gasteiger partial charge in [-0.25, -0.2) is 9.18 Å². The maximum Gasteiger partial charge on any atom is 0.337 e. The Kier molecular flexibility index (Phi) is 3.86. The van der Waals surface area contributed by atoms with E-state index in [1.165, 1.54) is 12.1 Å². The molecule has 0 unspecified atom stereocenters. The Morgan fingerprint density at radius 3 is 2.37 bits per heavy atom. The van der Waals surface area contributed by atoms with Gasteiger partial charge in [-0.1, -0.05) is 36.7 Å². The van der Waals surface area contributed by atoms with E-state index < -0.39 is 5.97 Å². The lowest BCUT2D eigenvalue weighted by molar-refractivity contribution is 0.0696. The van der Waals surface area contributed by atoms with Crippen molar-refractivity contribution in [1.82, 2.24) is 0 Å². The summed E-state index contributed by atoms with van der Waals surface area (Å²) in [7, 11) is 0. The maximum atomic E-state index is 12.9. The Bertz CT molecular complexity index is 621. The van der Waals surface area contributed by atoms with Crippen LogP contribution in [-0.4, -0.2) is 11.1 Å². The minimum absolute atomic E-state index is 0.117. The molecule has 2 nitrogen and oxygen atoms in total. The van der Waals surface area contributed by atoms with Crippen LogP contribution >= 0.6 is 11.6 Å². The van der Waals surface area contributed by atoms with Crippen LogP contribution in [0, 0.1) is 5.82 Å². The van der Waals surface area contributed by atoms with E-state index in [0.29, 0.717) is 12.0 Å². The third kappa shape index (κ3) is 2.61. The molecule has 0 spiro atoms. The zero-order valence-electron chi connectivity index (χ0n) is 10.3. The third-order valence-corrected chi connectivity index (χ3v) is 3.30. The Hall–Kier alpha value is -1.87. The zero-order valence-corrected chi connectivity index (χ0v) is 11.0. The molecule has 0 radical (unpaired) electrons. The van der Waals surface area contributed by atoms with Gasteiger partial charge < -0.3 is 5.11 Å². The number of rotatable bonds is 3. The van der Waals surface area contributed by atoms with E-state index in [2.05, 4.69) is 0 Å². The van der Waals surface area contributed by atoms with Crippen LogP contribution in [0.25, 0.3) is 11.1 Å². The van der Waals surface area contributed by atoms with Gasteiger partial charge in [-0.05, 0) is 41.3 Å². The van der Waals surface area contributed by atoms with Crippen molar-refractivity contribution in [2.45, 2.75) is 13.3 Å². The molecule has 0 aliphatic heterocycles. The first-order chi connectivity index (χ1) is 9.04. The molecule has 0 heterocycles. The van der Waals surface area contributed by atoms with E-state index in [4.69, 9.17) is 11.6 Å². The molecule has 98 valence electrons. The molecule has 2 rings (SSSR count). The summed E-state index contributed by atoms with van der Waals surface area (Å²) in [5.74, 6) is -1.37. The summed E-state index contributed by atoms with van der Waals surface area (Å²) < 4.78 is 12.9. The molecule has 0 atom stereocenters. The molecule has 0 bridgehead atoms. The lowest BCUT2D eigenvalue weighted by Gasteiger charge is -2.12. The van der Waals surface area contributed by atoms with Crippen molar-refractivity contribution in [3.05, 3.63) is 58.4 Å². The first kappa shape index (κ1) is 13.6. The summed E-state index contributed by atoms with van der Waals surface area (Å²) >= 11 is 5.95. The first-order valence-electron chi connectivity index (χ1n) is 5.85. The van der Waals surface area contributed by atoms with Crippen LogP contribution in [0.3, 0.4) is 0 Å². The van der Waals surface area contributed by atoms with E-state index >= 15 is 0 Å². The van der Waals surface area contributed by atoms with Crippen LogP contribution in [0.2, 0.25) is 5.02 Å². The van der Waals surface area contributed by atoms with Crippen molar-refractivity contribution >= 4 is 17.6 Å². The van der Waals surface area contributed by atoms with Crippen LogP contribution in [0.5, 0.6) is 0 Å². The molecule has 4 heteroatoms. The molecule has 0 fully saturated rings. The Labute approximate surface area is 115 Å². The van der Waals surface area contributed by atoms with Crippen molar-refractivity contribution in [1.29, 1.82) is 0 Å². The van der Waals surface area contributed by atoms with Crippen LogP contribution < -0.4 is 0 Å². The summed E-state index contributed by atoms with van der Waals surface area (Å²) in [6.45, 7) is 1.87. The zero-order chi connectivity index (χ0) is 14.0. The number of hydrogen-bond donors (Lipinski definition) is 1. The predicted molar refractivity (Wildman–Crippen MR) is 73.2 cm³/mol. The van der Waals surface area contributed by atoms with E-state index in [-0.39, 0.29) is 16.4 Å². The van der Waals surface area contributed by atoms with Crippen LogP contribution in [-0.2, 0) is 6.42 Å². The number of aromatic carboxylic acids is 1. The minimum atomic E-state index is -1.05. The largest absolute Gasteiger partial charge is 0.478 e. The molecule has 0 amide bonds. The molecule has 0 saturated heterocycles. The normalized spacial score (nSPS) is 10.5. The maximum absolute atomic E-state index is 12.9. The van der Waals surface area contributed by atoms with E-state index in [1.807, 2.05) is 6.92 Å². The lowest BCUT2D eigenvalue weighted by atomic mass is 9.93. The Morgan fingerprint density at radius 2 is 1.84 bits per heavy atom. The number of halogens is 2. The fourth-order valence-corrected chi connectivity index (χ4v) is 2.38. The number of carboxylic acid groups (broad SMARTS) is 1. The second kappa shape index (κ2) is 5.41. The SMILES string of the molecule is CCc1c(-c2ccc(F)cc2)ccc(Cl)c1C(=O)O. The van der Waals surface area contributed by atoms with Gasteiger partial charge in [-0.2, -0.15) is 0 Å². The van der Waals surface area contributed by atoms with Gasteiger partial charge in [0.05, 0.1) is 10.6 Å². The van der Waals surface area contributed by atoms with Gasteiger partial charge in [-0.15, -0.1) is 0 Å². The van der Waals surface area contributed by atoms with Crippen molar-refractivity contribution in [3.63, 3.8) is 0 Å². The number of carbonyl (C=O) groups is 1. The summed E-state index contributed by atoms with van der Waals surface area (Å²) in [6.07, 6.45) is 0.537. The molecular formula is C15H12ClFO2. The Balaban J connectivity index is 2.67. The highest BCUT2D eigenvalue weighted by molar-refractivity contribution is 6.33. The molecule has 0 aromatic heterocycles. The molecular weight excluding hydrogens is 267 g/mol. The van der Waals surface area contributed by atoms with Crippen LogP contribution in [0.1, 0.15) is 22.8 Å². The van der Waals surface area contributed by atoms with Crippen molar-refractivity contribution in [2.75, 3.05) is 0 Å². The lowest BCUT2D eigenvalue weighted by Crippen LogP contribution is -2.04. The molecule has 19 heavy (non-hydrogen) atoms. The number of hydrogen-bond acceptors (Lipinski definition) is 1. The Morgan fingerprint density at radius 1 is 1.21 bits per heavy atom. The number of carboxylic acids is 1. The third-order valence-electron chi connectivity index (χ3n) is 2.98. The van der Waals surface area contributed by atoms with Crippen LogP contribution in [0.15, 0.2) is 36.4 Å². The average Bonchev–Trinajstić information content (AvgIpc) is 2.39. The van der Waals surface area contributed by atoms with E-state index in [1.54, 1.807) is 24.3 Å². The van der Waals surface area contributed by atoms with Crippen LogP contribution in [0.4, 0.5) is 4.39 Å². The topological polar surface area (TPSA) is 37.3 Å². The fraction of sp³-hybridized carbons (Fsp3) is 0.133. The summed E-state index contributed by atoms with van der Waals surface area (Å²) in [5, 5.41) is 9.47. The second-order valence-electron chi connectivity index (χ2n) is 4.11. The molecule has 1 N–H and O–H groups in total. The smallest absolute Gasteiger partial charge is 0.337 e. The molecule has 2 aromatic rings. The summed E-state index contributed by atoms with van der Waals surface area (Å²) in [4.78, 5) is 11.3. The van der Waals surface area contributed by atoms with Gasteiger partial charge in [0.1, 0.15) is 5.82 Å². The first-order valence-corrected chi connectivity index (χ1v) is 6.23. The minimum Gasteiger partial charge on any atom is -0.478 e. The van der Waals surface area contributed by atoms with Gasteiger partial charge in [0.15, 0.2) is 0 Å². The van der Waals surface area contributed by atoms with Gasteiger partial charge >= 0.3 is 5.97 Å². The highest BCUT2D eigenvalue weighted by Crippen LogP contribution is 2.31. The molecule has 0 saturated carbocycles. The number of benzene rings is 2. The van der Waals surface area contributed by atoms with Gasteiger partial charge in [0.25, 0.3) is 0 Å². The van der Waals surface area contributed by atoms with Crippen molar-refractivity contribution in [2.24, 2.45) is 0 Å². The molecule has 0 aliphatic rings. The highest BCUT2D eigenvalue weighted by Gasteiger charge is 2.17. The molecule has 2 aromatic carbocycles.